The highest BCUT2D eigenvalue weighted by Gasteiger charge is 2.20. The normalized spacial score (nSPS) is 10.5. The molecule has 0 spiro atoms. The summed E-state index contributed by atoms with van der Waals surface area (Å²) in [6, 6.07) is 52.8. The molecule has 12 nitrogen and oxygen atoms in total. The van der Waals surface area contributed by atoms with E-state index in [1.54, 1.807) is 109 Å². The van der Waals surface area contributed by atoms with Crippen molar-refractivity contribution in [2.24, 2.45) is 0 Å². The summed E-state index contributed by atoms with van der Waals surface area (Å²) in [4.78, 5) is 52.5. The predicted octanol–water partition coefficient (Wildman–Crippen LogP) is 11.8. The van der Waals surface area contributed by atoms with Crippen molar-refractivity contribution in [3.8, 4) is 68.6 Å². The average Bonchev–Trinajstić information content (AvgIpc) is 3.36. The van der Waals surface area contributed by atoms with Gasteiger partial charge >= 0.3 is 23.9 Å². The van der Waals surface area contributed by atoms with Gasteiger partial charge in [-0.25, -0.2) is 19.2 Å². The van der Waals surface area contributed by atoms with Crippen molar-refractivity contribution in [3.05, 3.63) is 216 Å². The van der Waals surface area contributed by atoms with Gasteiger partial charge in [0.15, 0.2) is 0 Å². The van der Waals surface area contributed by atoms with E-state index in [1.165, 1.54) is 62.8 Å². The number of hydrogen-bond acceptors (Lipinski definition) is 12. The largest absolute Gasteiger partial charge is 0.497 e. The molecule has 0 atom stereocenters. The van der Waals surface area contributed by atoms with Gasteiger partial charge in [-0.2, -0.15) is 0 Å². The molecular weight excluding hydrogens is 841 g/mol. The van der Waals surface area contributed by atoms with Crippen molar-refractivity contribution in [3.63, 3.8) is 0 Å². The van der Waals surface area contributed by atoms with Crippen LogP contribution in [0.3, 0.4) is 0 Å². The van der Waals surface area contributed by atoms with Crippen LogP contribution in [0.1, 0.15) is 41.4 Å². The Bertz CT molecular complexity index is 2760. The lowest BCUT2D eigenvalue weighted by molar-refractivity contribution is 0.0720. The maximum Gasteiger partial charge on any atom is 0.343 e. The third-order valence-corrected chi connectivity index (χ3v) is 9.81. The number of carbonyl (C=O) groups excluding carboxylic acids is 4. The zero-order valence-corrected chi connectivity index (χ0v) is 35.4. The molecule has 0 aliphatic rings. The van der Waals surface area contributed by atoms with Crippen LogP contribution in [-0.2, 0) is 0 Å². The molecule has 8 rings (SSSR count). The number of benzene rings is 8. The quantitative estimate of drug-likeness (QED) is 0.0714. The van der Waals surface area contributed by atoms with Crippen molar-refractivity contribution in [2.45, 2.75) is 0 Å². The highest BCUT2D eigenvalue weighted by atomic mass is 16.6. The fraction of sp³-hybridized carbons (Fsp3) is 0.0370. The molecule has 12 heteroatoms. The highest BCUT2D eigenvalue weighted by molar-refractivity contribution is 5.94. The lowest BCUT2D eigenvalue weighted by atomic mass is 10.0. The summed E-state index contributed by atoms with van der Waals surface area (Å²) in [5.74, 6) is 1.25. The van der Waals surface area contributed by atoms with Gasteiger partial charge in [0.25, 0.3) is 0 Å². The lowest BCUT2D eigenvalue weighted by Gasteiger charge is -2.18. The molecule has 8 aromatic rings. The summed E-state index contributed by atoms with van der Waals surface area (Å²) in [6.07, 6.45) is 0. The molecule has 0 radical (unpaired) electrons. The number of ether oxygens (including phenoxy) is 8. The smallest absolute Gasteiger partial charge is 0.343 e. The molecule has 0 heterocycles. The van der Waals surface area contributed by atoms with E-state index in [0.29, 0.717) is 56.8 Å². The second kappa shape index (κ2) is 20.4. The Hall–Kier alpha value is -9.16. The van der Waals surface area contributed by atoms with Crippen LogP contribution in [0, 0.1) is 0 Å². The van der Waals surface area contributed by atoms with Crippen molar-refractivity contribution in [2.75, 3.05) is 14.2 Å². The summed E-state index contributed by atoms with van der Waals surface area (Å²) in [6.45, 7) is 0. The molecule has 0 aliphatic carbocycles. The zero-order chi connectivity index (χ0) is 45.8. The van der Waals surface area contributed by atoms with Crippen LogP contribution in [0.2, 0.25) is 0 Å². The Morgan fingerprint density at radius 3 is 0.864 bits per heavy atom. The summed E-state index contributed by atoms with van der Waals surface area (Å²) < 4.78 is 45.8. The van der Waals surface area contributed by atoms with Crippen LogP contribution >= 0.6 is 0 Å². The summed E-state index contributed by atoms with van der Waals surface area (Å²) in [5, 5.41) is 0. The first-order chi connectivity index (χ1) is 32.2. The van der Waals surface area contributed by atoms with Crippen LogP contribution in [-0.4, -0.2) is 38.1 Å². The maximum absolute atomic E-state index is 13.5. The van der Waals surface area contributed by atoms with Crippen LogP contribution in [0.5, 0.6) is 57.5 Å². The molecule has 0 bridgehead atoms. The van der Waals surface area contributed by atoms with Crippen LogP contribution in [0.15, 0.2) is 194 Å². The van der Waals surface area contributed by atoms with Crippen molar-refractivity contribution >= 4 is 23.9 Å². The van der Waals surface area contributed by atoms with Crippen LogP contribution in [0.25, 0.3) is 11.1 Å². The first-order valence-corrected chi connectivity index (χ1v) is 20.3. The average molecular weight is 879 g/mol. The molecule has 0 unspecified atom stereocenters. The molecule has 8 aromatic carbocycles. The topological polar surface area (TPSA) is 142 Å². The fourth-order valence-corrected chi connectivity index (χ4v) is 6.41. The second-order valence-electron chi connectivity index (χ2n) is 14.2. The molecule has 326 valence electrons. The van der Waals surface area contributed by atoms with Crippen LogP contribution < -0.4 is 37.9 Å². The molecule has 0 N–H and O–H groups in total. The maximum atomic E-state index is 13.5. The molecular formula is C54H38O12. The van der Waals surface area contributed by atoms with E-state index >= 15 is 0 Å². The van der Waals surface area contributed by atoms with E-state index in [-0.39, 0.29) is 34.1 Å². The first-order valence-electron chi connectivity index (χ1n) is 20.3. The molecule has 0 saturated heterocycles. The Kier molecular flexibility index (Phi) is 13.4. The standard InChI is InChI=1S/C54H38O12/c1-59-39-21-13-35(14-22-39)51(55)63-43-25-17-37(18-26-43)53(57)65-45-29-31-49(61-41-9-5-3-6-10-41)47(33-45)48-34-46(30-32-50(48)62-42-11-7-4-8-12-42)66-54(58)38-19-27-44(28-20-38)64-52(56)36-15-23-40(60-2)24-16-36/h3-34H,1-2H3. The second-order valence-corrected chi connectivity index (χ2v) is 14.2. The number of para-hydroxylation sites is 2. The van der Waals surface area contributed by atoms with E-state index in [0.717, 1.165) is 0 Å². The van der Waals surface area contributed by atoms with E-state index in [4.69, 9.17) is 37.9 Å². The van der Waals surface area contributed by atoms with E-state index in [1.807, 2.05) is 36.4 Å². The minimum absolute atomic E-state index is 0.159. The van der Waals surface area contributed by atoms with E-state index in [2.05, 4.69) is 0 Å². The molecule has 0 aliphatic heterocycles. The monoisotopic (exact) mass is 878 g/mol. The Morgan fingerprint density at radius 2 is 0.561 bits per heavy atom. The van der Waals surface area contributed by atoms with E-state index in [9.17, 15) is 19.2 Å². The van der Waals surface area contributed by atoms with Gasteiger partial charge in [-0.3, -0.25) is 0 Å². The fourth-order valence-electron chi connectivity index (χ4n) is 6.41. The van der Waals surface area contributed by atoms with Gasteiger partial charge in [-0.15, -0.1) is 0 Å². The van der Waals surface area contributed by atoms with Gasteiger partial charge in [0, 0.05) is 11.1 Å². The number of carbonyl (C=O) groups is 4. The zero-order valence-electron chi connectivity index (χ0n) is 35.4. The molecule has 66 heavy (non-hydrogen) atoms. The molecule has 0 fully saturated rings. The van der Waals surface area contributed by atoms with Gasteiger partial charge < -0.3 is 37.9 Å². The van der Waals surface area contributed by atoms with E-state index < -0.39 is 23.9 Å². The third kappa shape index (κ3) is 10.9. The first kappa shape index (κ1) is 43.5. The number of hydrogen-bond donors (Lipinski definition) is 0. The van der Waals surface area contributed by atoms with Crippen LogP contribution in [0.4, 0.5) is 0 Å². The van der Waals surface area contributed by atoms with Gasteiger partial charge in [0.2, 0.25) is 0 Å². The van der Waals surface area contributed by atoms with Crippen molar-refractivity contribution in [1.82, 2.24) is 0 Å². The molecule has 0 amide bonds. The number of esters is 4. The summed E-state index contributed by atoms with van der Waals surface area (Å²) in [7, 11) is 3.07. The SMILES string of the molecule is COc1ccc(C(=O)Oc2ccc(C(=O)Oc3ccc(Oc4ccccc4)c(-c4cc(OC(=O)c5ccc(OC(=O)c6ccc(OC)cc6)cc5)ccc4Oc4ccccc4)c3)cc2)cc1. The Morgan fingerprint density at radius 1 is 0.288 bits per heavy atom. The Labute approximate surface area is 379 Å². The molecule has 0 saturated carbocycles. The lowest BCUT2D eigenvalue weighted by Crippen LogP contribution is -2.10. The Balaban J connectivity index is 1.05. The summed E-state index contributed by atoms with van der Waals surface area (Å²) in [5.41, 5.74) is 1.89. The van der Waals surface area contributed by atoms with Gasteiger partial charge in [0.05, 0.1) is 36.5 Å². The number of rotatable bonds is 15. The van der Waals surface area contributed by atoms with Crippen molar-refractivity contribution < 1.29 is 57.1 Å². The molecule has 0 aromatic heterocycles. The minimum atomic E-state index is -0.685. The summed E-state index contributed by atoms with van der Waals surface area (Å²) >= 11 is 0. The number of methoxy groups -OCH3 is 2. The van der Waals surface area contributed by atoms with Gasteiger partial charge in [-0.1, -0.05) is 36.4 Å². The highest BCUT2D eigenvalue weighted by Crippen LogP contribution is 2.44. The van der Waals surface area contributed by atoms with Gasteiger partial charge in [0.1, 0.15) is 57.5 Å². The van der Waals surface area contributed by atoms with Gasteiger partial charge in [-0.05, 0) is 158 Å². The third-order valence-electron chi connectivity index (χ3n) is 9.81. The predicted molar refractivity (Wildman–Crippen MR) is 244 cm³/mol. The van der Waals surface area contributed by atoms with Crippen molar-refractivity contribution in [1.29, 1.82) is 0 Å². The minimum Gasteiger partial charge on any atom is -0.497 e.